The van der Waals surface area contributed by atoms with Crippen LogP contribution in [0, 0.1) is 19.8 Å². The van der Waals surface area contributed by atoms with E-state index in [1.807, 2.05) is 50.2 Å². The van der Waals surface area contributed by atoms with E-state index < -0.39 is 0 Å². The summed E-state index contributed by atoms with van der Waals surface area (Å²) >= 11 is 3.59. The van der Waals surface area contributed by atoms with Gasteiger partial charge in [-0.05, 0) is 64.5 Å². The van der Waals surface area contributed by atoms with Crippen molar-refractivity contribution in [3.63, 3.8) is 0 Å². The molecule has 0 unspecified atom stereocenters. The first kappa shape index (κ1) is 18.6. The fraction of sp³-hybridized carbons (Fsp3) is 0.333. The van der Waals surface area contributed by atoms with Crippen molar-refractivity contribution in [2.45, 2.75) is 34.1 Å². The van der Waals surface area contributed by atoms with Gasteiger partial charge in [0.25, 0.3) is 5.91 Å². The molecule has 0 aliphatic rings. The molecule has 0 fully saturated rings. The summed E-state index contributed by atoms with van der Waals surface area (Å²) in [6.45, 7) is 8.17. The standard InChI is InChI=1S/C21H23BrN2O2/c1-13(2)11-18-14(3)23-24(15(18)4)20(25)12-26-19-10-9-16-7-5-6-8-17(16)21(19)22/h5-10,13H,11-12H2,1-4H3. The first-order chi connectivity index (χ1) is 12.4. The SMILES string of the molecule is Cc1nn(C(=O)COc2ccc3ccccc3c2Br)c(C)c1CC(C)C. The second kappa shape index (κ2) is 7.62. The average molecular weight is 415 g/mol. The molecule has 5 heteroatoms. The molecule has 1 heterocycles. The zero-order valence-electron chi connectivity index (χ0n) is 15.5. The Hall–Kier alpha value is -2.14. The molecule has 0 radical (unpaired) electrons. The third-order valence-corrected chi connectivity index (χ3v) is 5.29. The number of carbonyl (C=O) groups excluding carboxylic acids is 1. The fourth-order valence-electron chi connectivity index (χ4n) is 3.15. The Morgan fingerprint density at radius 1 is 1.19 bits per heavy atom. The van der Waals surface area contributed by atoms with E-state index in [2.05, 4.69) is 34.9 Å². The summed E-state index contributed by atoms with van der Waals surface area (Å²) in [5.74, 6) is 1.01. The van der Waals surface area contributed by atoms with Crippen LogP contribution in [0.2, 0.25) is 0 Å². The minimum Gasteiger partial charge on any atom is -0.482 e. The molecule has 0 amide bonds. The van der Waals surface area contributed by atoms with Gasteiger partial charge in [-0.15, -0.1) is 0 Å². The second-order valence-corrected chi connectivity index (χ2v) is 7.73. The smallest absolute Gasteiger partial charge is 0.284 e. The lowest BCUT2D eigenvalue weighted by Gasteiger charge is -2.11. The maximum atomic E-state index is 12.6. The van der Waals surface area contributed by atoms with Crippen LogP contribution in [-0.2, 0) is 6.42 Å². The molecule has 136 valence electrons. The Kier molecular flexibility index (Phi) is 5.47. The van der Waals surface area contributed by atoms with Crippen molar-refractivity contribution in [3.8, 4) is 5.75 Å². The Morgan fingerprint density at radius 3 is 2.65 bits per heavy atom. The second-order valence-electron chi connectivity index (χ2n) is 6.94. The number of benzene rings is 2. The van der Waals surface area contributed by atoms with Crippen LogP contribution in [0.25, 0.3) is 10.8 Å². The van der Waals surface area contributed by atoms with E-state index in [0.29, 0.717) is 11.7 Å². The van der Waals surface area contributed by atoms with Crippen molar-refractivity contribution < 1.29 is 9.53 Å². The van der Waals surface area contributed by atoms with E-state index in [0.717, 1.165) is 38.6 Å². The number of aromatic nitrogens is 2. The normalized spacial score (nSPS) is 11.3. The van der Waals surface area contributed by atoms with Gasteiger partial charge >= 0.3 is 0 Å². The number of nitrogens with zero attached hydrogens (tertiary/aromatic N) is 2. The van der Waals surface area contributed by atoms with Crippen molar-refractivity contribution in [1.29, 1.82) is 0 Å². The van der Waals surface area contributed by atoms with Crippen molar-refractivity contribution in [1.82, 2.24) is 9.78 Å². The van der Waals surface area contributed by atoms with Crippen molar-refractivity contribution >= 4 is 32.6 Å². The molecule has 0 aliphatic carbocycles. The molecule has 0 saturated carbocycles. The average Bonchev–Trinajstić information content (AvgIpc) is 2.89. The third kappa shape index (κ3) is 3.68. The van der Waals surface area contributed by atoms with E-state index in [4.69, 9.17) is 4.74 Å². The summed E-state index contributed by atoms with van der Waals surface area (Å²) in [5, 5.41) is 6.60. The predicted molar refractivity (Wildman–Crippen MR) is 108 cm³/mol. The number of hydrogen-bond donors (Lipinski definition) is 0. The van der Waals surface area contributed by atoms with Gasteiger partial charge in [-0.1, -0.05) is 44.2 Å². The molecule has 1 aromatic heterocycles. The summed E-state index contributed by atoms with van der Waals surface area (Å²) in [6, 6.07) is 11.9. The minimum atomic E-state index is -0.166. The van der Waals surface area contributed by atoms with Gasteiger partial charge in [-0.2, -0.15) is 5.10 Å². The molecule has 3 rings (SSSR count). The number of ether oxygens (including phenoxy) is 1. The van der Waals surface area contributed by atoms with Gasteiger partial charge < -0.3 is 4.74 Å². The third-order valence-electron chi connectivity index (χ3n) is 4.47. The molecule has 3 aromatic rings. The number of halogens is 1. The lowest BCUT2D eigenvalue weighted by atomic mass is 10.0. The van der Waals surface area contributed by atoms with E-state index >= 15 is 0 Å². The maximum absolute atomic E-state index is 12.6. The first-order valence-corrected chi connectivity index (χ1v) is 9.56. The number of carbonyl (C=O) groups is 1. The van der Waals surface area contributed by atoms with Crippen LogP contribution in [0.5, 0.6) is 5.75 Å². The van der Waals surface area contributed by atoms with Crippen LogP contribution >= 0.6 is 15.9 Å². The molecule has 4 nitrogen and oxygen atoms in total. The predicted octanol–water partition coefficient (Wildman–Crippen LogP) is 5.33. The van der Waals surface area contributed by atoms with Crippen molar-refractivity contribution in [2.24, 2.45) is 5.92 Å². The number of aryl methyl sites for hydroxylation is 1. The molecule has 26 heavy (non-hydrogen) atoms. The number of rotatable bonds is 5. The highest BCUT2D eigenvalue weighted by Crippen LogP contribution is 2.33. The summed E-state index contributed by atoms with van der Waals surface area (Å²) in [5.41, 5.74) is 2.97. The van der Waals surface area contributed by atoms with Crippen LogP contribution in [0.15, 0.2) is 40.9 Å². The summed E-state index contributed by atoms with van der Waals surface area (Å²) < 4.78 is 8.12. The maximum Gasteiger partial charge on any atom is 0.284 e. The van der Waals surface area contributed by atoms with Gasteiger partial charge in [0.1, 0.15) is 5.75 Å². The Balaban J connectivity index is 1.78. The molecule has 0 saturated heterocycles. The molecule has 0 N–H and O–H groups in total. The van der Waals surface area contributed by atoms with Gasteiger partial charge in [-0.25, -0.2) is 4.68 Å². The Bertz CT molecular complexity index is 960. The molecular weight excluding hydrogens is 392 g/mol. The van der Waals surface area contributed by atoms with E-state index in [9.17, 15) is 4.79 Å². The Morgan fingerprint density at radius 2 is 1.92 bits per heavy atom. The zero-order valence-corrected chi connectivity index (χ0v) is 17.1. The molecule has 0 atom stereocenters. The summed E-state index contributed by atoms with van der Waals surface area (Å²) in [7, 11) is 0. The molecule has 2 aromatic carbocycles. The monoisotopic (exact) mass is 414 g/mol. The number of fused-ring (bicyclic) bond motifs is 1. The minimum absolute atomic E-state index is 0.0555. The summed E-state index contributed by atoms with van der Waals surface area (Å²) in [4.78, 5) is 12.6. The van der Waals surface area contributed by atoms with Crippen molar-refractivity contribution in [2.75, 3.05) is 6.61 Å². The highest BCUT2D eigenvalue weighted by molar-refractivity contribution is 9.10. The highest BCUT2D eigenvalue weighted by atomic mass is 79.9. The van der Waals surface area contributed by atoms with Crippen LogP contribution in [0.3, 0.4) is 0 Å². The fourth-order valence-corrected chi connectivity index (χ4v) is 3.75. The Labute approximate surface area is 162 Å². The van der Waals surface area contributed by atoms with Gasteiger partial charge in [0.2, 0.25) is 0 Å². The zero-order chi connectivity index (χ0) is 18.8. The van der Waals surface area contributed by atoms with Crippen LogP contribution in [0.1, 0.15) is 35.6 Å². The lowest BCUT2D eigenvalue weighted by molar-refractivity contribution is 0.0817. The van der Waals surface area contributed by atoms with Gasteiger partial charge in [0.05, 0.1) is 10.2 Å². The van der Waals surface area contributed by atoms with Crippen LogP contribution in [-0.4, -0.2) is 22.3 Å². The molecule has 0 spiro atoms. The van der Waals surface area contributed by atoms with Crippen LogP contribution in [0.4, 0.5) is 0 Å². The highest BCUT2D eigenvalue weighted by Gasteiger charge is 2.18. The van der Waals surface area contributed by atoms with E-state index in [1.165, 1.54) is 4.68 Å². The van der Waals surface area contributed by atoms with E-state index in [1.54, 1.807) is 0 Å². The molecular formula is C21H23BrN2O2. The molecule has 0 aliphatic heterocycles. The van der Waals surface area contributed by atoms with E-state index in [-0.39, 0.29) is 12.5 Å². The topological polar surface area (TPSA) is 44.1 Å². The first-order valence-electron chi connectivity index (χ1n) is 8.76. The lowest BCUT2D eigenvalue weighted by Crippen LogP contribution is -2.22. The summed E-state index contributed by atoms with van der Waals surface area (Å²) in [6.07, 6.45) is 0.919. The van der Waals surface area contributed by atoms with Crippen LogP contribution < -0.4 is 4.74 Å². The quantitative estimate of drug-likeness (QED) is 0.566. The van der Waals surface area contributed by atoms with Gasteiger partial charge in [0, 0.05) is 5.69 Å². The largest absolute Gasteiger partial charge is 0.482 e. The number of hydrogen-bond acceptors (Lipinski definition) is 3. The molecule has 0 bridgehead atoms. The van der Waals surface area contributed by atoms with Gasteiger partial charge in [-0.3, -0.25) is 4.79 Å². The van der Waals surface area contributed by atoms with Gasteiger partial charge in [0.15, 0.2) is 6.61 Å². The van der Waals surface area contributed by atoms with Crippen molar-refractivity contribution in [3.05, 3.63) is 57.8 Å².